The molecule has 1 unspecified atom stereocenters. The molecule has 1 atom stereocenters. The lowest BCUT2D eigenvalue weighted by atomic mass is 10.2. The summed E-state index contributed by atoms with van der Waals surface area (Å²) >= 11 is 0. The smallest absolute Gasteiger partial charge is 0.242 e. The van der Waals surface area contributed by atoms with Gasteiger partial charge in [-0.15, -0.1) is 0 Å². The monoisotopic (exact) mass is 290 g/mol. The van der Waals surface area contributed by atoms with E-state index < -0.39 is 21.7 Å². The fourth-order valence-corrected chi connectivity index (χ4v) is 3.37. The number of nitrogens with zero attached hydrogens (tertiary/aromatic N) is 1. The summed E-state index contributed by atoms with van der Waals surface area (Å²) in [6.07, 6.45) is 1.93. The first-order chi connectivity index (χ1) is 8.91. The van der Waals surface area contributed by atoms with Crippen LogP contribution in [0.25, 0.3) is 0 Å². The number of rotatable bonds is 4. The van der Waals surface area contributed by atoms with Crippen molar-refractivity contribution in [3.63, 3.8) is 0 Å². The molecular weight excluding hydrogens is 274 g/mol. The molecule has 1 aromatic rings. The zero-order chi connectivity index (χ0) is 14.0. The molecular formula is C12H16F2N2O2S. The Morgan fingerprint density at radius 1 is 1.37 bits per heavy atom. The molecule has 0 aliphatic carbocycles. The van der Waals surface area contributed by atoms with Crippen LogP contribution in [0.5, 0.6) is 0 Å². The summed E-state index contributed by atoms with van der Waals surface area (Å²) in [5, 5.41) is 3.19. The van der Waals surface area contributed by atoms with Crippen LogP contribution in [0.2, 0.25) is 0 Å². The molecule has 0 aromatic heterocycles. The maximum atomic E-state index is 13.1. The summed E-state index contributed by atoms with van der Waals surface area (Å²) in [5.41, 5.74) is 0. The lowest BCUT2D eigenvalue weighted by molar-refractivity contribution is 0.416. The fourth-order valence-electron chi connectivity index (χ4n) is 2.14. The van der Waals surface area contributed by atoms with Gasteiger partial charge in [-0.2, -0.15) is 4.31 Å². The van der Waals surface area contributed by atoms with Crippen molar-refractivity contribution >= 4 is 10.0 Å². The van der Waals surface area contributed by atoms with E-state index in [4.69, 9.17) is 0 Å². The van der Waals surface area contributed by atoms with Crippen molar-refractivity contribution in [3.05, 3.63) is 29.8 Å². The van der Waals surface area contributed by atoms with Gasteiger partial charge >= 0.3 is 0 Å². The van der Waals surface area contributed by atoms with E-state index in [9.17, 15) is 17.2 Å². The van der Waals surface area contributed by atoms with Crippen molar-refractivity contribution in [2.24, 2.45) is 0 Å². The van der Waals surface area contributed by atoms with Gasteiger partial charge in [-0.1, -0.05) is 0 Å². The zero-order valence-corrected chi connectivity index (χ0v) is 11.4. The first kappa shape index (κ1) is 14.4. The molecule has 1 N–H and O–H groups in total. The van der Waals surface area contributed by atoms with E-state index in [1.54, 1.807) is 0 Å². The van der Waals surface area contributed by atoms with Crippen LogP contribution in [0.15, 0.2) is 23.1 Å². The fraction of sp³-hybridized carbons (Fsp3) is 0.500. The molecule has 2 rings (SSSR count). The van der Waals surface area contributed by atoms with Gasteiger partial charge in [0.25, 0.3) is 0 Å². The summed E-state index contributed by atoms with van der Waals surface area (Å²) in [6.45, 7) is 1.20. The number of benzene rings is 1. The molecule has 0 spiro atoms. The van der Waals surface area contributed by atoms with Crippen LogP contribution in [0.4, 0.5) is 8.78 Å². The molecule has 1 saturated heterocycles. The second-order valence-corrected chi connectivity index (χ2v) is 6.70. The van der Waals surface area contributed by atoms with E-state index in [1.807, 2.05) is 0 Å². The van der Waals surface area contributed by atoms with E-state index in [-0.39, 0.29) is 10.9 Å². The molecule has 0 radical (unpaired) electrons. The van der Waals surface area contributed by atoms with E-state index >= 15 is 0 Å². The molecule has 1 fully saturated rings. The first-order valence-electron chi connectivity index (χ1n) is 6.06. The molecule has 0 saturated carbocycles. The summed E-state index contributed by atoms with van der Waals surface area (Å²) < 4.78 is 51.5. The first-order valence-corrected chi connectivity index (χ1v) is 7.50. The topological polar surface area (TPSA) is 49.4 Å². The van der Waals surface area contributed by atoms with Crippen LogP contribution >= 0.6 is 0 Å². The average molecular weight is 290 g/mol. The Balaban J connectivity index is 2.18. The molecule has 7 heteroatoms. The normalized spacial score (nSPS) is 20.1. The molecule has 106 valence electrons. The highest BCUT2D eigenvalue weighted by Crippen LogP contribution is 2.18. The number of likely N-dealkylation sites (N-methyl/N-ethyl adjacent to an activating group) is 1. The highest BCUT2D eigenvalue weighted by molar-refractivity contribution is 7.89. The third-order valence-electron chi connectivity index (χ3n) is 3.24. The molecule has 1 aromatic carbocycles. The predicted octanol–water partition coefficient (Wildman–Crippen LogP) is 1.34. The highest BCUT2D eigenvalue weighted by atomic mass is 32.2. The van der Waals surface area contributed by atoms with Gasteiger partial charge in [0.2, 0.25) is 10.0 Å². The SMILES string of the molecule is CN(CC1CCCN1)S(=O)(=O)c1ccc(F)c(F)c1. The van der Waals surface area contributed by atoms with Crippen molar-refractivity contribution < 1.29 is 17.2 Å². The summed E-state index contributed by atoms with van der Waals surface area (Å²) in [4.78, 5) is -0.230. The van der Waals surface area contributed by atoms with Crippen molar-refractivity contribution in [2.45, 2.75) is 23.8 Å². The Labute approximate surface area is 111 Å². The average Bonchev–Trinajstić information content (AvgIpc) is 2.85. The van der Waals surface area contributed by atoms with Crippen molar-refractivity contribution in [1.82, 2.24) is 9.62 Å². The molecule has 19 heavy (non-hydrogen) atoms. The van der Waals surface area contributed by atoms with Crippen molar-refractivity contribution in [1.29, 1.82) is 0 Å². The predicted molar refractivity (Wildman–Crippen MR) is 67.2 cm³/mol. The Bertz CT molecular complexity index is 557. The van der Waals surface area contributed by atoms with Crippen LogP contribution in [-0.4, -0.2) is 38.9 Å². The third-order valence-corrected chi connectivity index (χ3v) is 5.06. The maximum absolute atomic E-state index is 13.1. The van der Waals surface area contributed by atoms with Crippen LogP contribution in [0.3, 0.4) is 0 Å². The van der Waals surface area contributed by atoms with Crippen LogP contribution in [-0.2, 0) is 10.0 Å². The van der Waals surface area contributed by atoms with Crippen molar-refractivity contribution in [3.8, 4) is 0 Å². The molecule has 0 bridgehead atoms. The van der Waals surface area contributed by atoms with Gasteiger partial charge in [-0.3, -0.25) is 0 Å². The second kappa shape index (κ2) is 5.52. The van der Waals surface area contributed by atoms with Gasteiger partial charge in [0.1, 0.15) is 0 Å². The van der Waals surface area contributed by atoms with Crippen molar-refractivity contribution in [2.75, 3.05) is 20.1 Å². The Kier molecular flexibility index (Phi) is 4.17. The minimum absolute atomic E-state index is 0.116. The van der Waals surface area contributed by atoms with Crippen LogP contribution in [0, 0.1) is 11.6 Å². The van der Waals surface area contributed by atoms with Gasteiger partial charge in [0.05, 0.1) is 4.90 Å². The number of nitrogens with one attached hydrogen (secondary N) is 1. The summed E-state index contributed by atoms with van der Waals surface area (Å²) in [5.74, 6) is -2.22. The largest absolute Gasteiger partial charge is 0.313 e. The van der Waals surface area contributed by atoms with E-state index in [2.05, 4.69) is 5.32 Å². The van der Waals surface area contributed by atoms with E-state index in [0.29, 0.717) is 12.6 Å². The number of halogens is 2. The van der Waals surface area contributed by atoms with Gasteiger partial charge in [0.15, 0.2) is 11.6 Å². The zero-order valence-electron chi connectivity index (χ0n) is 10.6. The lowest BCUT2D eigenvalue weighted by Crippen LogP contribution is -2.38. The number of hydrogen-bond donors (Lipinski definition) is 1. The molecule has 1 aliphatic heterocycles. The molecule has 1 heterocycles. The Hall–Kier alpha value is -1.05. The second-order valence-electron chi connectivity index (χ2n) is 4.65. The summed E-state index contributed by atoms with van der Waals surface area (Å²) in [7, 11) is -2.34. The lowest BCUT2D eigenvalue weighted by Gasteiger charge is -2.21. The minimum Gasteiger partial charge on any atom is -0.313 e. The maximum Gasteiger partial charge on any atom is 0.242 e. The number of sulfonamides is 1. The van der Waals surface area contributed by atoms with Gasteiger partial charge in [-0.05, 0) is 37.6 Å². The van der Waals surface area contributed by atoms with E-state index in [1.165, 1.54) is 11.4 Å². The highest BCUT2D eigenvalue weighted by Gasteiger charge is 2.26. The molecule has 1 aliphatic rings. The van der Waals surface area contributed by atoms with E-state index in [0.717, 1.165) is 31.5 Å². The van der Waals surface area contributed by atoms with Gasteiger partial charge < -0.3 is 5.32 Å². The number of hydrogen-bond acceptors (Lipinski definition) is 3. The van der Waals surface area contributed by atoms with Gasteiger partial charge in [-0.25, -0.2) is 17.2 Å². The Morgan fingerprint density at radius 3 is 2.68 bits per heavy atom. The molecule has 4 nitrogen and oxygen atoms in total. The quantitative estimate of drug-likeness (QED) is 0.910. The third kappa shape index (κ3) is 3.10. The van der Waals surface area contributed by atoms with Gasteiger partial charge in [0, 0.05) is 19.6 Å². The van der Waals surface area contributed by atoms with Crippen LogP contribution < -0.4 is 5.32 Å². The summed E-state index contributed by atoms with van der Waals surface area (Å²) in [6, 6.07) is 2.73. The standard InChI is InChI=1S/C12H16F2N2O2S/c1-16(8-9-3-2-6-15-9)19(17,18)10-4-5-11(13)12(14)7-10/h4-5,7,9,15H,2-3,6,8H2,1H3. The molecule has 0 amide bonds. The van der Waals surface area contributed by atoms with Crippen LogP contribution in [0.1, 0.15) is 12.8 Å². The minimum atomic E-state index is -3.78. The Morgan fingerprint density at radius 2 is 2.11 bits per heavy atom.